The van der Waals surface area contributed by atoms with Crippen molar-refractivity contribution in [2.45, 2.75) is 45.3 Å². The van der Waals surface area contributed by atoms with Gasteiger partial charge in [-0.25, -0.2) is 4.21 Å². The Morgan fingerprint density at radius 1 is 1.38 bits per heavy atom. The molecule has 1 rings (SSSR count). The van der Waals surface area contributed by atoms with Gasteiger partial charge in [0.05, 0.1) is 5.25 Å². The van der Waals surface area contributed by atoms with Crippen molar-refractivity contribution in [1.29, 1.82) is 0 Å². The van der Waals surface area contributed by atoms with Gasteiger partial charge in [0.25, 0.3) is 0 Å². The Hall–Kier alpha value is 0.440. The summed E-state index contributed by atoms with van der Waals surface area (Å²) in [6, 6.07) is 0. The number of hydrogen-bond donors (Lipinski definition) is 0. The van der Waals surface area contributed by atoms with E-state index < -0.39 is 10.0 Å². The topological polar surface area (TPSA) is 17.1 Å². The van der Waals surface area contributed by atoms with Crippen LogP contribution in [-0.4, -0.2) is 9.46 Å². The van der Waals surface area contributed by atoms with Crippen molar-refractivity contribution in [3.63, 3.8) is 0 Å². The molecule has 13 heavy (non-hydrogen) atoms. The van der Waals surface area contributed by atoms with E-state index in [1.54, 1.807) is 0 Å². The summed E-state index contributed by atoms with van der Waals surface area (Å²) in [5.41, 5.74) is 0. The average molecular weight is 223 g/mol. The van der Waals surface area contributed by atoms with Gasteiger partial charge in [-0.05, 0) is 41.3 Å². The second-order valence-electron chi connectivity index (χ2n) is 4.61. The van der Waals surface area contributed by atoms with Crippen molar-refractivity contribution in [2.75, 3.05) is 0 Å². The van der Waals surface area contributed by atoms with Crippen LogP contribution in [0.5, 0.6) is 0 Å². The van der Waals surface area contributed by atoms with Crippen molar-refractivity contribution >= 4 is 20.7 Å². The Morgan fingerprint density at radius 2 is 2.00 bits per heavy atom. The minimum Gasteiger partial charge on any atom is -0.242 e. The summed E-state index contributed by atoms with van der Waals surface area (Å²) in [5.74, 6) is 1.87. The molecule has 1 saturated carbocycles. The molecule has 0 radical (unpaired) electrons. The largest absolute Gasteiger partial charge is 0.242 e. The zero-order chi connectivity index (χ0) is 10.0. The Bertz CT molecular complexity index is 193. The minimum atomic E-state index is -1.15. The van der Waals surface area contributed by atoms with Gasteiger partial charge in [0.2, 0.25) is 0 Å². The van der Waals surface area contributed by atoms with Crippen LogP contribution in [0.4, 0.5) is 0 Å². The highest BCUT2D eigenvalue weighted by Crippen LogP contribution is 2.36. The van der Waals surface area contributed by atoms with Crippen LogP contribution in [0.25, 0.3) is 0 Å². The van der Waals surface area contributed by atoms with Crippen LogP contribution in [-0.2, 0) is 10.0 Å². The summed E-state index contributed by atoms with van der Waals surface area (Å²) in [7, 11) is 4.58. The van der Waals surface area contributed by atoms with Gasteiger partial charge in [-0.15, -0.1) is 0 Å². The van der Waals surface area contributed by atoms with E-state index in [-0.39, 0.29) is 5.25 Å². The van der Waals surface area contributed by atoms with E-state index in [0.29, 0.717) is 17.8 Å². The highest BCUT2D eigenvalue weighted by atomic mass is 35.7. The van der Waals surface area contributed by atoms with Gasteiger partial charge in [0.1, 0.15) is 10.0 Å². The number of hydrogen-bond acceptors (Lipinski definition) is 1. The third-order valence-electron chi connectivity index (χ3n) is 3.20. The van der Waals surface area contributed by atoms with Gasteiger partial charge in [-0.3, -0.25) is 0 Å². The highest BCUT2D eigenvalue weighted by molar-refractivity contribution is 8.08. The monoisotopic (exact) mass is 222 g/mol. The quantitative estimate of drug-likeness (QED) is 0.655. The Kier molecular flexibility index (Phi) is 4.24. The molecule has 78 valence electrons. The van der Waals surface area contributed by atoms with Crippen molar-refractivity contribution in [3.05, 3.63) is 0 Å². The summed E-state index contributed by atoms with van der Waals surface area (Å²) >= 11 is 0. The highest BCUT2D eigenvalue weighted by Gasteiger charge is 2.33. The molecule has 0 heterocycles. The zero-order valence-electron chi connectivity index (χ0n) is 8.63. The van der Waals surface area contributed by atoms with Crippen LogP contribution in [0.15, 0.2) is 0 Å². The number of rotatable bonds is 2. The molecule has 3 heteroatoms. The van der Waals surface area contributed by atoms with Gasteiger partial charge in [0, 0.05) is 0 Å². The lowest BCUT2D eigenvalue weighted by Gasteiger charge is -2.35. The molecule has 0 aliphatic heterocycles. The standard InChI is InChI=1S/C10H19ClOS/c1-7(2)9-5-4-8(3)6-10(9)13(11)12/h7-10H,4-6H2,1-3H3/t8-,9+,10+,13?/m1/s1. The third kappa shape index (κ3) is 2.95. The molecule has 0 saturated heterocycles. The van der Waals surface area contributed by atoms with Crippen molar-refractivity contribution in [1.82, 2.24) is 0 Å². The molecule has 0 aromatic rings. The first-order valence-corrected chi connectivity index (χ1v) is 7.13. The third-order valence-corrected chi connectivity index (χ3v) is 4.90. The van der Waals surface area contributed by atoms with Crippen LogP contribution in [0.2, 0.25) is 0 Å². The van der Waals surface area contributed by atoms with E-state index in [1.807, 2.05) is 0 Å². The lowest BCUT2D eigenvalue weighted by molar-refractivity contribution is 0.242. The molecule has 0 N–H and O–H groups in total. The van der Waals surface area contributed by atoms with E-state index >= 15 is 0 Å². The lowest BCUT2D eigenvalue weighted by Crippen LogP contribution is -2.33. The summed E-state index contributed by atoms with van der Waals surface area (Å²) in [6.45, 7) is 6.64. The minimum absolute atomic E-state index is 0.227. The molecule has 1 nitrogen and oxygen atoms in total. The van der Waals surface area contributed by atoms with Gasteiger partial charge in [-0.1, -0.05) is 27.2 Å². The molecular weight excluding hydrogens is 204 g/mol. The summed E-state index contributed by atoms with van der Waals surface area (Å²) in [6.07, 6.45) is 3.51. The van der Waals surface area contributed by atoms with Gasteiger partial charge in [0.15, 0.2) is 0 Å². The maximum Gasteiger partial charge on any atom is 0.118 e. The second-order valence-corrected chi connectivity index (χ2v) is 6.63. The first-order valence-electron chi connectivity index (χ1n) is 5.09. The fraction of sp³-hybridized carbons (Fsp3) is 1.00. The molecule has 0 bridgehead atoms. The first kappa shape index (κ1) is 11.5. The fourth-order valence-electron chi connectivity index (χ4n) is 2.33. The zero-order valence-corrected chi connectivity index (χ0v) is 10.2. The SMILES string of the molecule is CC(C)[C@@H]1CC[C@@H](C)C[C@@H]1S(=O)Cl. The molecule has 0 aromatic carbocycles. The molecule has 4 atom stereocenters. The summed E-state index contributed by atoms with van der Waals surface area (Å²) in [4.78, 5) is 0. The Morgan fingerprint density at radius 3 is 2.46 bits per heavy atom. The van der Waals surface area contributed by atoms with Crippen LogP contribution in [0.3, 0.4) is 0 Å². The first-order chi connectivity index (χ1) is 6.02. The van der Waals surface area contributed by atoms with Crippen LogP contribution in [0.1, 0.15) is 40.0 Å². The van der Waals surface area contributed by atoms with Crippen molar-refractivity contribution in [3.8, 4) is 0 Å². The predicted octanol–water partition coefficient (Wildman–Crippen LogP) is 3.35. The second kappa shape index (κ2) is 4.79. The fourth-order valence-corrected chi connectivity index (χ4v) is 4.15. The van der Waals surface area contributed by atoms with Gasteiger partial charge < -0.3 is 0 Å². The maximum atomic E-state index is 11.3. The predicted molar refractivity (Wildman–Crippen MR) is 59.1 cm³/mol. The Balaban J connectivity index is 2.66. The average Bonchev–Trinajstić information content (AvgIpc) is 2.03. The van der Waals surface area contributed by atoms with E-state index in [4.69, 9.17) is 10.7 Å². The summed E-state index contributed by atoms with van der Waals surface area (Å²) < 4.78 is 11.3. The van der Waals surface area contributed by atoms with E-state index in [1.165, 1.54) is 12.8 Å². The normalized spacial score (nSPS) is 37.8. The molecule has 1 aliphatic rings. The van der Waals surface area contributed by atoms with Crippen LogP contribution < -0.4 is 0 Å². The van der Waals surface area contributed by atoms with Crippen molar-refractivity contribution < 1.29 is 4.21 Å². The van der Waals surface area contributed by atoms with E-state index in [2.05, 4.69) is 20.8 Å². The van der Waals surface area contributed by atoms with Gasteiger partial charge in [-0.2, -0.15) is 0 Å². The van der Waals surface area contributed by atoms with Crippen LogP contribution in [0, 0.1) is 17.8 Å². The lowest BCUT2D eigenvalue weighted by atomic mass is 9.77. The molecular formula is C10H19ClOS. The smallest absolute Gasteiger partial charge is 0.118 e. The Labute approximate surface area is 88.2 Å². The molecule has 1 unspecified atom stereocenters. The van der Waals surface area contributed by atoms with Crippen molar-refractivity contribution in [2.24, 2.45) is 17.8 Å². The molecule has 1 aliphatic carbocycles. The van der Waals surface area contributed by atoms with Crippen LogP contribution >= 0.6 is 10.7 Å². The van der Waals surface area contributed by atoms with E-state index in [9.17, 15) is 4.21 Å². The summed E-state index contributed by atoms with van der Waals surface area (Å²) in [5, 5.41) is 0.227. The number of halogens is 1. The molecule has 0 aromatic heterocycles. The molecule has 1 fully saturated rings. The maximum absolute atomic E-state index is 11.3. The van der Waals surface area contributed by atoms with E-state index in [0.717, 1.165) is 6.42 Å². The molecule has 0 amide bonds. The van der Waals surface area contributed by atoms with Gasteiger partial charge >= 0.3 is 0 Å². The molecule has 0 spiro atoms.